The number of Topliss-reactive ketones (excluding diaryl/α,β-unsaturated/α-hetero) is 1. The smallest absolute Gasteiger partial charge is 0.303 e. The topological polar surface area (TPSA) is 111 Å². The van der Waals surface area contributed by atoms with Crippen molar-refractivity contribution in [2.45, 2.75) is 19.8 Å². The van der Waals surface area contributed by atoms with Gasteiger partial charge in [0.05, 0.1) is 11.9 Å². The van der Waals surface area contributed by atoms with Gasteiger partial charge in [0, 0.05) is 11.8 Å². The molecule has 0 atom stereocenters. The Bertz CT molecular complexity index is 1110. The van der Waals surface area contributed by atoms with Gasteiger partial charge in [-0.1, -0.05) is 35.9 Å². The predicted octanol–water partition coefficient (Wildman–Crippen LogP) is 3.84. The largest absolute Gasteiger partial charge is 0.504 e. The van der Waals surface area contributed by atoms with Gasteiger partial charge in [0.25, 0.3) is 0 Å². The first kappa shape index (κ1) is 18.1. The number of carboxylic acids is 1. The third kappa shape index (κ3) is 3.62. The highest BCUT2D eigenvalue weighted by Crippen LogP contribution is 2.32. The van der Waals surface area contributed by atoms with E-state index in [1.165, 1.54) is 0 Å². The molecule has 0 aliphatic heterocycles. The predicted molar refractivity (Wildman–Crippen MR) is 99.5 cm³/mol. The number of carboxylic acid groups (broad SMARTS) is 1. The summed E-state index contributed by atoms with van der Waals surface area (Å²) in [6.45, 7) is 1.98. The summed E-state index contributed by atoms with van der Waals surface area (Å²) >= 11 is 0. The molecule has 2 aromatic carbocycles. The van der Waals surface area contributed by atoms with E-state index in [0.717, 1.165) is 16.7 Å². The molecule has 0 saturated carbocycles. The summed E-state index contributed by atoms with van der Waals surface area (Å²) in [5.41, 5.74) is 2.97. The number of fused-ring (bicyclic) bond motifs is 1. The summed E-state index contributed by atoms with van der Waals surface area (Å²) in [6, 6.07) is 15.0. The number of aliphatic carboxylic acids is 1. The molecule has 0 fully saturated rings. The second-order valence-corrected chi connectivity index (χ2v) is 6.21. The number of carbonyl (C=O) groups is 2. The lowest BCUT2D eigenvalue weighted by Crippen LogP contribution is -2.07. The van der Waals surface area contributed by atoms with Crippen LogP contribution < -0.4 is 0 Å². The molecule has 27 heavy (non-hydrogen) atoms. The van der Waals surface area contributed by atoms with E-state index < -0.39 is 17.5 Å². The van der Waals surface area contributed by atoms with Crippen LogP contribution in [0, 0.1) is 18.3 Å². The molecular weight excluding hydrogens is 344 g/mol. The van der Waals surface area contributed by atoms with Crippen molar-refractivity contribution in [3.8, 4) is 22.9 Å². The highest BCUT2D eigenvalue weighted by atomic mass is 16.4. The number of nitrogens with zero attached hydrogens (tertiary/aromatic N) is 2. The number of ketones is 1. The lowest BCUT2D eigenvalue weighted by atomic mass is 9.98. The van der Waals surface area contributed by atoms with E-state index in [4.69, 9.17) is 5.11 Å². The highest BCUT2D eigenvalue weighted by molar-refractivity contribution is 6.03. The summed E-state index contributed by atoms with van der Waals surface area (Å²) in [7, 11) is 0. The maximum absolute atomic E-state index is 12.2. The van der Waals surface area contributed by atoms with Crippen molar-refractivity contribution < 1.29 is 19.8 Å². The van der Waals surface area contributed by atoms with Crippen molar-refractivity contribution in [3.63, 3.8) is 0 Å². The normalized spacial score (nSPS) is 10.5. The van der Waals surface area contributed by atoms with Crippen LogP contribution >= 0.6 is 0 Å². The van der Waals surface area contributed by atoms with Gasteiger partial charge in [-0.25, -0.2) is 4.98 Å². The minimum atomic E-state index is -1.12. The van der Waals surface area contributed by atoms with Gasteiger partial charge in [0.2, 0.25) is 0 Å². The molecule has 0 amide bonds. The Labute approximate surface area is 155 Å². The van der Waals surface area contributed by atoms with E-state index in [2.05, 4.69) is 4.98 Å². The Morgan fingerprint density at radius 3 is 2.52 bits per heavy atom. The van der Waals surface area contributed by atoms with Crippen molar-refractivity contribution in [1.82, 2.24) is 4.98 Å². The minimum Gasteiger partial charge on any atom is -0.504 e. The SMILES string of the molecule is Cc1cccc(-c2ccc3nc(C(=O)CCC(=O)O)c(O)c(C#N)c3c2)c1. The molecule has 1 heterocycles. The van der Waals surface area contributed by atoms with Gasteiger partial charge in [-0.2, -0.15) is 5.26 Å². The van der Waals surface area contributed by atoms with Crippen LogP contribution in [0.2, 0.25) is 0 Å². The fourth-order valence-electron chi connectivity index (χ4n) is 2.90. The summed E-state index contributed by atoms with van der Waals surface area (Å²) in [6.07, 6.45) is -0.667. The first-order valence-electron chi connectivity index (χ1n) is 8.29. The molecule has 3 aromatic rings. The van der Waals surface area contributed by atoms with Crippen LogP contribution in [0.3, 0.4) is 0 Å². The summed E-state index contributed by atoms with van der Waals surface area (Å²) in [5, 5.41) is 29.0. The Morgan fingerprint density at radius 1 is 1.11 bits per heavy atom. The lowest BCUT2D eigenvalue weighted by Gasteiger charge is -2.10. The number of aryl methyl sites for hydroxylation is 1. The first-order chi connectivity index (χ1) is 12.9. The number of aromatic nitrogens is 1. The lowest BCUT2D eigenvalue weighted by molar-refractivity contribution is -0.136. The summed E-state index contributed by atoms with van der Waals surface area (Å²) < 4.78 is 0. The van der Waals surface area contributed by atoms with E-state index >= 15 is 0 Å². The van der Waals surface area contributed by atoms with Gasteiger partial charge in [-0.15, -0.1) is 0 Å². The molecule has 0 aliphatic rings. The third-order valence-electron chi connectivity index (χ3n) is 4.25. The number of pyridine rings is 1. The second kappa shape index (κ2) is 7.26. The van der Waals surface area contributed by atoms with E-state index in [9.17, 15) is 20.0 Å². The molecule has 0 radical (unpaired) electrons. The van der Waals surface area contributed by atoms with Crippen molar-refractivity contribution in [3.05, 3.63) is 59.3 Å². The summed E-state index contributed by atoms with van der Waals surface area (Å²) in [5.74, 6) is -2.25. The quantitative estimate of drug-likeness (QED) is 0.669. The minimum absolute atomic E-state index is 0.0480. The maximum Gasteiger partial charge on any atom is 0.303 e. The Hall–Kier alpha value is -3.72. The Balaban J connectivity index is 2.13. The fraction of sp³-hybridized carbons (Fsp3) is 0.143. The number of hydrogen-bond donors (Lipinski definition) is 2. The van der Waals surface area contributed by atoms with E-state index in [0.29, 0.717) is 10.9 Å². The Morgan fingerprint density at radius 2 is 1.85 bits per heavy atom. The molecule has 1 aromatic heterocycles. The van der Waals surface area contributed by atoms with Crippen molar-refractivity contribution in [2.24, 2.45) is 0 Å². The van der Waals surface area contributed by atoms with Crippen LogP contribution in [0.4, 0.5) is 0 Å². The Kier molecular flexibility index (Phi) is 4.86. The zero-order valence-corrected chi connectivity index (χ0v) is 14.6. The van der Waals surface area contributed by atoms with Crippen LogP contribution in [0.1, 0.15) is 34.5 Å². The maximum atomic E-state index is 12.2. The number of benzene rings is 2. The van der Waals surface area contributed by atoms with Gasteiger partial charge in [0.1, 0.15) is 17.3 Å². The van der Waals surface area contributed by atoms with Gasteiger partial charge < -0.3 is 10.2 Å². The molecule has 0 spiro atoms. The number of carbonyl (C=O) groups excluding carboxylic acids is 1. The standard InChI is InChI=1S/C21H16N2O4/c1-12-3-2-4-13(9-12)14-5-6-17-15(10-14)16(11-22)21(27)20(23-17)18(24)7-8-19(25)26/h2-6,9-10,27H,7-8H2,1H3,(H,25,26). The molecule has 0 aliphatic carbocycles. The number of hydrogen-bond acceptors (Lipinski definition) is 5. The van der Waals surface area contributed by atoms with Gasteiger partial charge >= 0.3 is 5.97 Å². The van der Waals surface area contributed by atoms with E-state index in [-0.39, 0.29) is 24.1 Å². The van der Waals surface area contributed by atoms with Crippen LogP contribution in [0.25, 0.3) is 22.0 Å². The fourth-order valence-corrected chi connectivity index (χ4v) is 2.90. The average Bonchev–Trinajstić information content (AvgIpc) is 2.65. The zero-order valence-electron chi connectivity index (χ0n) is 14.6. The van der Waals surface area contributed by atoms with Crippen molar-refractivity contribution >= 4 is 22.7 Å². The molecule has 6 heteroatoms. The first-order valence-corrected chi connectivity index (χ1v) is 8.29. The molecule has 2 N–H and O–H groups in total. The zero-order chi connectivity index (χ0) is 19.6. The van der Waals surface area contributed by atoms with Crippen LogP contribution in [0.5, 0.6) is 5.75 Å². The highest BCUT2D eigenvalue weighted by Gasteiger charge is 2.20. The summed E-state index contributed by atoms with van der Waals surface area (Å²) in [4.78, 5) is 27.0. The van der Waals surface area contributed by atoms with Crippen molar-refractivity contribution in [2.75, 3.05) is 0 Å². The van der Waals surface area contributed by atoms with Gasteiger partial charge in [-0.3, -0.25) is 9.59 Å². The number of nitriles is 1. The third-order valence-corrected chi connectivity index (χ3v) is 4.25. The molecule has 3 rings (SSSR count). The molecule has 134 valence electrons. The van der Waals surface area contributed by atoms with E-state index in [1.54, 1.807) is 12.1 Å². The monoisotopic (exact) mass is 360 g/mol. The molecule has 0 saturated heterocycles. The van der Waals surface area contributed by atoms with Crippen LogP contribution in [0.15, 0.2) is 42.5 Å². The number of rotatable bonds is 5. The molecule has 0 unspecified atom stereocenters. The van der Waals surface area contributed by atoms with Gasteiger partial charge in [0.15, 0.2) is 11.5 Å². The van der Waals surface area contributed by atoms with Crippen LogP contribution in [-0.4, -0.2) is 26.9 Å². The molecular formula is C21H16N2O4. The van der Waals surface area contributed by atoms with Crippen molar-refractivity contribution in [1.29, 1.82) is 5.26 Å². The number of aromatic hydroxyl groups is 1. The average molecular weight is 360 g/mol. The van der Waals surface area contributed by atoms with E-state index in [1.807, 2.05) is 43.3 Å². The molecule has 6 nitrogen and oxygen atoms in total. The second-order valence-electron chi connectivity index (χ2n) is 6.21. The van der Waals surface area contributed by atoms with Crippen LogP contribution in [-0.2, 0) is 4.79 Å². The van der Waals surface area contributed by atoms with Gasteiger partial charge in [-0.05, 0) is 30.2 Å². The molecule has 0 bridgehead atoms.